The normalized spacial score (nSPS) is 16.5. The first kappa shape index (κ1) is 16.7. The monoisotopic (exact) mass is 380 g/mol. The van der Waals surface area contributed by atoms with Crippen molar-refractivity contribution in [2.45, 2.75) is 0 Å². The topological polar surface area (TPSA) is 115 Å². The lowest BCUT2D eigenvalue weighted by molar-refractivity contribution is -0.113. The van der Waals surface area contributed by atoms with Crippen molar-refractivity contribution >= 4 is 56.0 Å². The third-order valence-electron chi connectivity index (χ3n) is 2.85. The van der Waals surface area contributed by atoms with Crippen LogP contribution >= 0.6 is 23.1 Å². The Hall–Kier alpha value is -2.17. The van der Waals surface area contributed by atoms with Crippen molar-refractivity contribution < 1.29 is 13.2 Å². The first-order chi connectivity index (χ1) is 11.3. The zero-order chi connectivity index (χ0) is 17.3. The maximum absolute atomic E-state index is 11.6. The van der Waals surface area contributed by atoms with Crippen LogP contribution in [0.1, 0.15) is 5.69 Å². The van der Waals surface area contributed by atoms with Crippen molar-refractivity contribution in [1.82, 2.24) is 4.98 Å². The second-order valence-electron chi connectivity index (χ2n) is 4.90. The number of nitrogens with two attached hydrogens (primary N) is 1. The van der Waals surface area contributed by atoms with Gasteiger partial charge in [-0.05, 0) is 30.0 Å². The molecule has 1 aromatic carbocycles. The van der Waals surface area contributed by atoms with Crippen molar-refractivity contribution in [3.8, 4) is 10.6 Å². The van der Waals surface area contributed by atoms with Crippen LogP contribution in [0.15, 0.2) is 39.5 Å². The summed E-state index contributed by atoms with van der Waals surface area (Å²) < 4.78 is 25.1. The van der Waals surface area contributed by atoms with Crippen LogP contribution < -0.4 is 10.5 Å². The molecule has 10 heteroatoms. The van der Waals surface area contributed by atoms with Gasteiger partial charge < -0.3 is 5.73 Å². The molecule has 1 aliphatic heterocycles. The predicted molar refractivity (Wildman–Crippen MR) is 98.2 cm³/mol. The van der Waals surface area contributed by atoms with Crippen LogP contribution in [0.25, 0.3) is 16.6 Å². The number of benzene rings is 1. The van der Waals surface area contributed by atoms with E-state index in [0.29, 0.717) is 21.3 Å². The minimum Gasteiger partial charge on any atom is -0.378 e. The van der Waals surface area contributed by atoms with Gasteiger partial charge in [0.25, 0.3) is 5.91 Å². The summed E-state index contributed by atoms with van der Waals surface area (Å²) in [4.78, 5) is 20.1. The van der Waals surface area contributed by atoms with Gasteiger partial charge in [-0.15, -0.1) is 11.3 Å². The lowest BCUT2D eigenvalue weighted by Crippen LogP contribution is -2.09. The maximum atomic E-state index is 11.6. The maximum Gasteiger partial charge on any atom is 0.286 e. The quantitative estimate of drug-likeness (QED) is 0.785. The van der Waals surface area contributed by atoms with E-state index < -0.39 is 10.0 Å². The van der Waals surface area contributed by atoms with Crippen molar-refractivity contribution in [2.75, 3.05) is 11.0 Å². The summed E-state index contributed by atoms with van der Waals surface area (Å²) in [6.07, 6.45) is 2.73. The van der Waals surface area contributed by atoms with E-state index in [1.807, 2.05) is 6.07 Å². The van der Waals surface area contributed by atoms with Crippen molar-refractivity contribution in [3.63, 3.8) is 0 Å². The summed E-state index contributed by atoms with van der Waals surface area (Å²) >= 11 is 2.50. The van der Waals surface area contributed by atoms with Crippen LogP contribution in [0.4, 0.5) is 5.69 Å². The van der Waals surface area contributed by atoms with Gasteiger partial charge in [0.05, 0.1) is 16.9 Å². The molecule has 0 radical (unpaired) electrons. The average Bonchev–Trinajstić information content (AvgIpc) is 3.05. The minimum absolute atomic E-state index is 0.223. The van der Waals surface area contributed by atoms with E-state index in [1.165, 1.54) is 11.3 Å². The van der Waals surface area contributed by atoms with Crippen molar-refractivity contribution in [3.05, 3.63) is 40.2 Å². The van der Waals surface area contributed by atoms with E-state index in [1.54, 1.807) is 29.7 Å². The Morgan fingerprint density at radius 2 is 2.12 bits per heavy atom. The van der Waals surface area contributed by atoms with Gasteiger partial charge in [0.1, 0.15) is 5.01 Å². The van der Waals surface area contributed by atoms with Gasteiger partial charge in [-0.1, -0.05) is 12.1 Å². The third-order valence-corrected chi connectivity index (χ3v) is 5.18. The Morgan fingerprint density at radius 1 is 1.33 bits per heavy atom. The molecule has 3 N–H and O–H groups in total. The Labute approximate surface area is 146 Å². The highest BCUT2D eigenvalue weighted by atomic mass is 32.2. The Bertz CT molecular complexity index is 977. The molecular weight excluding hydrogens is 368 g/mol. The number of sulfonamides is 1. The molecule has 3 rings (SSSR count). The van der Waals surface area contributed by atoms with E-state index in [4.69, 9.17) is 5.73 Å². The number of hydrogen-bond donors (Lipinski definition) is 2. The number of carbonyl (C=O) groups excluding carboxylic acids is 1. The largest absolute Gasteiger partial charge is 0.378 e. The molecule has 2 heterocycles. The number of amidine groups is 1. The number of hydrogen-bond acceptors (Lipinski definition) is 7. The van der Waals surface area contributed by atoms with E-state index in [9.17, 15) is 13.2 Å². The van der Waals surface area contributed by atoms with Gasteiger partial charge in [0.15, 0.2) is 5.17 Å². The fourth-order valence-electron chi connectivity index (χ4n) is 1.97. The number of nitrogens with one attached hydrogen (secondary N) is 1. The molecule has 0 spiro atoms. The molecule has 124 valence electrons. The molecule has 7 nitrogen and oxygen atoms in total. The fraction of sp³-hybridized carbons (Fsp3) is 0.0714. The minimum atomic E-state index is -3.34. The molecule has 0 bridgehead atoms. The predicted octanol–water partition coefficient (Wildman–Crippen LogP) is 2.11. The van der Waals surface area contributed by atoms with Crippen LogP contribution in [-0.4, -0.2) is 30.7 Å². The smallest absolute Gasteiger partial charge is 0.286 e. The second kappa shape index (κ2) is 6.38. The molecular formula is C14H12N4O3S3. The van der Waals surface area contributed by atoms with Gasteiger partial charge in [-0.3, -0.25) is 9.52 Å². The van der Waals surface area contributed by atoms with Crippen molar-refractivity contribution in [2.24, 2.45) is 10.7 Å². The van der Waals surface area contributed by atoms with Crippen LogP contribution in [-0.2, 0) is 14.8 Å². The van der Waals surface area contributed by atoms with Gasteiger partial charge in [0.2, 0.25) is 10.0 Å². The number of nitrogens with zero attached hydrogens (tertiary/aromatic N) is 2. The molecule has 0 fully saturated rings. The lowest BCUT2D eigenvalue weighted by Gasteiger charge is -2.04. The summed E-state index contributed by atoms with van der Waals surface area (Å²) in [5.41, 5.74) is 7.38. The standard InChI is InChI=1S/C14H12N4O3S3/c1-24(20,21)18-9-4-2-3-8(5-9)13-16-10(7-22-13)6-11-12(19)17-14(15)23-11/h2-7,18H,1H3,(H2,15,17,19)/b11-6+. The highest BCUT2D eigenvalue weighted by Gasteiger charge is 2.20. The van der Waals surface area contributed by atoms with E-state index in [0.717, 1.165) is 23.6 Å². The molecule has 0 saturated carbocycles. The number of aliphatic imine (C=N–C) groups is 1. The average molecular weight is 380 g/mol. The van der Waals surface area contributed by atoms with Gasteiger partial charge in [0, 0.05) is 16.6 Å². The zero-order valence-corrected chi connectivity index (χ0v) is 14.8. The first-order valence-electron chi connectivity index (χ1n) is 6.62. The number of rotatable bonds is 4. The SMILES string of the molecule is CS(=O)(=O)Nc1cccc(-c2nc(/C=C3/SC(N)=NC3=O)cs2)c1. The van der Waals surface area contributed by atoms with Crippen LogP contribution in [0.3, 0.4) is 0 Å². The lowest BCUT2D eigenvalue weighted by atomic mass is 10.2. The number of aromatic nitrogens is 1. The molecule has 1 aliphatic rings. The number of thiazole rings is 1. The molecule has 0 unspecified atom stereocenters. The molecule has 0 saturated heterocycles. The van der Waals surface area contributed by atoms with E-state index in [2.05, 4.69) is 14.7 Å². The van der Waals surface area contributed by atoms with Crippen molar-refractivity contribution in [1.29, 1.82) is 0 Å². The van der Waals surface area contributed by atoms with Crippen LogP contribution in [0, 0.1) is 0 Å². The highest BCUT2D eigenvalue weighted by molar-refractivity contribution is 8.18. The second-order valence-corrected chi connectivity index (χ2v) is 8.57. The van der Waals surface area contributed by atoms with E-state index in [-0.39, 0.29) is 11.1 Å². The molecule has 1 amide bonds. The van der Waals surface area contributed by atoms with Gasteiger partial charge in [-0.2, -0.15) is 4.99 Å². The fourth-order valence-corrected chi connectivity index (χ4v) is 3.97. The highest BCUT2D eigenvalue weighted by Crippen LogP contribution is 2.30. The van der Waals surface area contributed by atoms with Crippen LogP contribution in [0.5, 0.6) is 0 Å². The summed E-state index contributed by atoms with van der Waals surface area (Å²) in [5.74, 6) is -0.369. The first-order valence-corrected chi connectivity index (χ1v) is 10.2. The molecule has 1 aromatic heterocycles. The Morgan fingerprint density at radius 3 is 2.79 bits per heavy atom. The van der Waals surface area contributed by atoms with Gasteiger partial charge in [-0.25, -0.2) is 13.4 Å². The third kappa shape index (κ3) is 4.02. The molecule has 0 atom stereocenters. The number of amides is 1. The Kier molecular flexibility index (Phi) is 4.43. The summed E-state index contributed by atoms with van der Waals surface area (Å²) in [5, 5.41) is 2.74. The zero-order valence-electron chi connectivity index (χ0n) is 12.4. The summed E-state index contributed by atoms with van der Waals surface area (Å²) in [6, 6.07) is 6.94. The van der Waals surface area contributed by atoms with E-state index >= 15 is 0 Å². The van der Waals surface area contributed by atoms with Gasteiger partial charge >= 0.3 is 0 Å². The summed E-state index contributed by atoms with van der Waals surface area (Å²) in [6.45, 7) is 0. The molecule has 24 heavy (non-hydrogen) atoms. The summed E-state index contributed by atoms with van der Waals surface area (Å²) in [7, 11) is -3.34. The Balaban J connectivity index is 1.85. The number of anilines is 1. The number of carbonyl (C=O) groups is 1. The molecule has 0 aliphatic carbocycles. The number of thioether (sulfide) groups is 1. The van der Waals surface area contributed by atoms with Crippen LogP contribution in [0.2, 0.25) is 0 Å². The molecule has 2 aromatic rings.